The van der Waals surface area contributed by atoms with Crippen molar-refractivity contribution in [1.29, 1.82) is 0 Å². The first-order valence-corrected chi connectivity index (χ1v) is 9.59. The van der Waals surface area contributed by atoms with Gasteiger partial charge in [0.05, 0.1) is 11.3 Å². The highest BCUT2D eigenvalue weighted by Crippen LogP contribution is 2.31. The molecule has 3 rings (SSSR count). The molecule has 0 saturated carbocycles. The first-order valence-electron chi connectivity index (χ1n) is 7.79. The molecule has 3 N–H and O–H groups in total. The lowest BCUT2D eigenvalue weighted by Gasteiger charge is -2.08. The average molecular weight is 387 g/mol. The number of aryl methyl sites for hydroxylation is 1. The predicted octanol–water partition coefficient (Wildman–Crippen LogP) is 4.28. The van der Waals surface area contributed by atoms with Crippen molar-refractivity contribution in [2.24, 2.45) is 0 Å². The molecule has 0 spiro atoms. The molecule has 0 bridgehead atoms. The van der Waals surface area contributed by atoms with E-state index in [2.05, 4.69) is 15.5 Å². The van der Waals surface area contributed by atoms with Crippen LogP contribution in [-0.2, 0) is 0 Å². The summed E-state index contributed by atoms with van der Waals surface area (Å²) in [5.74, 6) is -0.439. The summed E-state index contributed by atoms with van der Waals surface area (Å²) < 4.78 is 0.657. The lowest BCUT2D eigenvalue weighted by Crippen LogP contribution is -2.02. The fourth-order valence-corrected chi connectivity index (χ4v) is 3.93. The van der Waals surface area contributed by atoms with Crippen molar-refractivity contribution in [2.75, 3.05) is 11.1 Å². The number of thioether (sulfide) groups is 1. The molecule has 0 unspecified atom stereocenters. The van der Waals surface area contributed by atoms with Crippen LogP contribution in [0.1, 0.15) is 21.5 Å². The number of ketones is 1. The lowest BCUT2D eigenvalue weighted by molar-refractivity contribution is 0.102. The summed E-state index contributed by atoms with van der Waals surface area (Å²) in [6.07, 6.45) is 0. The van der Waals surface area contributed by atoms with Gasteiger partial charge in [0.25, 0.3) is 0 Å². The van der Waals surface area contributed by atoms with Crippen LogP contribution in [0.2, 0.25) is 0 Å². The fraction of sp³-hybridized carbons (Fsp3) is 0.167. The van der Waals surface area contributed by atoms with Gasteiger partial charge in [0.1, 0.15) is 11.5 Å². The second-order valence-electron chi connectivity index (χ2n) is 5.66. The molecule has 1 aromatic heterocycles. The van der Waals surface area contributed by atoms with Gasteiger partial charge in [-0.15, -0.1) is 10.2 Å². The van der Waals surface area contributed by atoms with E-state index in [1.807, 2.05) is 32.0 Å². The number of phenolic OH excluding ortho intramolecular Hbond substituents is 2. The van der Waals surface area contributed by atoms with E-state index in [0.29, 0.717) is 9.47 Å². The molecule has 0 aliphatic rings. The molecule has 0 radical (unpaired) electrons. The van der Waals surface area contributed by atoms with E-state index in [0.717, 1.165) is 17.3 Å². The van der Waals surface area contributed by atoms with Gasteiger partial charge in [-0.1, -0.05) is 35.2 Å². The van der Waals surface area contributed by atoms with Crippen LogP contribution in [-0.4, -0.2) is 31.9 Å². The molecule has 134 valence electrons. The van der Waals surface area contributed by atoms with Crippen molar-refractivity contribution in [1.82, 2.24) is 10.2 Å². The highest BCUT2D eigenvalue weighted by atomic mass is 32.2. The summed E-state index contributed by atoms with van der Waals surface area (Å²) in [6, 6.07) is 9.93. The number of benzene rings is 2. The minimum absolute atomic E-state index is 0.0852. The summed E-state index contributed by atoms with van der Waals surface area (Å²) in [5.41, 5.74) is 3.49. The van der Waals surface area contributed by atoms with Crippen LogP contribution >= 0.6 is 23.1 Å². The van der Waals surface area contributed by atoms with Crippen molar-refractivity contribution in [3.05, 3.63) is 53.1 Å². The molecule has 0 saturated heterocycles. The van der Waals surface area contributed by atoms with Gasteiger partial charge in [0.15, 0.2) is 10.1 Å². The number of hydrogen-bond acceptors (Lipinski definition) is 8. The average Bonchev–Trinajstić information content (AvgIpc) is 3.04. The number of aromatic nitrogens is 2. The minimum Gasteiger partial charge on any atom is -0.508 e. The molecule has 3 aromatic rings. The van der Waals surface area contributed by atoms with Gasteiger partial charge in [0, 0.05) is 11.8 Å². The molecule has 1 heterocycles. The van der Waals surface area contributed by atoms with Gasteiger partial charge in [-0.3, -0.25) is 4.79 Å². The van der Waals surface area contributed by atoms with Gasteiger partial charge < -0.3 is 15.5 Å². The zero-order chi connectivity index (χ0) is 18.7. The normalized spacial score (nSPS) is 10.7. The Morgan fingerprint density at radius 3 is 2.77 bits per heavy atom. The number of Topliss-reactive ketones (excluding diaryl/α,β-unsaturated/α-hetero) is 1. The van der Waals surface area contributed by atoms with Crippen LogP contribution in [0.4, 0.5) is 10.8 Å². The third-order valence-corrected chi connectivity index (χ3v) is 5.83. The van der Waals surface area contributed by atoms with Crippen LogP contribution in [0.5, 0.6) is 11.5 Å². The number of phenols is 2. The van der Waals surface area contributed by atoms with E-state index >= 15 is 0 Å². The van der Waals surface area contributed by atoms with Gasteiger partial charge in [-0.25, -0.2) is 0 Å². The molecule has 0 atom stereocenters. The lowest BCUT2D eigenvalue weighted by atomic mass is 10.1. The van der Waals surface area contributed by atoms with Crippen molar-refractivity contribution in [2.45, 2.75) is 18.2 Å². The third-order valence-electron chi connectivity index (χ3n) is 3.86. The minimum atomic E-state index is -0.244. The number of aromatic hydroxyl groups is 2. The number of rotatable bonds is 6. The third kappa shape index (κ3) is 4.14. The van der Waals surface area contributed by atoms with Crippen molar-refractivity contribution < 1.29 is 15.0 Å². The van der Waals surface area contributed by atoms with Crippen LogP contribution in [0.15, 0.2) is 40.7 Å². The first-order chi connectivity index (χ1) is 12.4. The summed E-state index contributed by atoms with van der Waals surface area (Å²) in [7, 11) is 0. The Kier molecular flexibility index (Phi) is 5.43. The van der Waals surface area contributed by atoms with Crippen molar-refractivity contribution >= 4 is 39.7 Å². The molecule has 0 fully saturated rings. The van der Waals surface area contributed by atoms with Gasteiger partial charge >= 0.3 is 0 Å². The molecule has 0 aliphatic heterocycles. The fourth-order valence-electron chi connectivity index (χ4n) is 2.28. The van der Waals surface area contributed by atoms with Crippen molar-refractivity contribution in [3.8, 4) is 11.5 Å². The summed E-state index contributed by atoms with van der Waals surface area (Å²) in [6.45, 7) is 4.09. The maximum Gasteiger partial charge on any atom is 0.210 e. The van der Waals surface area contributed by atoms with Crippen molar-refractivity contribution in [3.63, 3.8) is 0 Å². The van der Waals surface area contributed by atoms with E-state index in [9.17, 15) is 15.0 Å². The zero-order valence-electron chi connectivity index (χ0n) is 14.2. The van der Waals surface area contributed by atoms with Crippen LogP contribution in [0, 0.1) is 13.8 Å². The van der Waals surface area contributed by atoms with Crippen LogP contribution in [0.3, 0.4) is 0 Å². The second-order valence-corrected chi connectivity index (χ2v) is 7.86. The highest BCUT2D eigenvalue weighted by Gasteiger charge is 2.14. The second kappa shape index (κ2) is 7.76. The highest BCUT2D eigenvalue weighted by molar-refractivity contribution is 8.01. The monoisotopic (exact) mass is 387 g/mol. The molecular weight excluding hydrogens is 370 g/mol. The standard InChI is InChI=1S/C18H17N3O3S2/c1-10-4-3-5-14(11(10)2)19-17-20-21-18(26-17)25-9-16(24)13-7-6-12(22)8-15(13)23/h3-8,22-23H,9H2,1-2H3,(H,19,20). The van der Waals surface area contributed by atoms with Gasteiger partial charge in [0.2, 0.25) is 5.13 Å². The Labute approximate surface area is 158 Å². The Morgan fingerprint density at radius 2 is 2.00 bits per heavy atom. The zero-order valence-corrected chi connectivity index (χ0v) is 15.8. The number of carbonyl (C=O) groups is 1. The van der Waals surface area contributed by atoms with E-state index < -0.39 is 0 Å². The van der Waals surface area contributed by atoms with Crippen LogP contribution in [0.25, 0.3) is 0 Å². The Hall–Kier alpha value is -2.58. The largest absolute Gasteiger partial charge is 0.508 e. The van der Waals surface area contributed by atoms with Gasteiger partial charge in [-0.05, 0) is 43.2 Å². The van der Waals surface area contributed by atoms with E-state index in [1.165, 1.54) is 40.8 Å². The van der Waals surface area contributed by atoms with E-state index in [1.54, 1.807) is 0 Å². The number of hydrogen-bond donors (Lipinski definition) is 3. The summed E-state index contributed by atoms with van der Waals surface area (Å²) in [4.78, 5) is 12.2. The smallest absolute Gasteiger partial charge is 0.210 e. The summed E-state index contributed by atoms with van der Waals surface area (Å²) in [5, 5.41) is 31.1. The topological polar surface area (TPSA) is 95.3 Å². The molecule has 26 heavy (non-hydrogen) atoms. The quantitative estimate of drug-likeness (QED) is 0.429. The molecular formula is C18H17N3O3S2. The van der Waals surface area contributed by atoms with Crippen LogP contribution < -0.4 is 5.32 Å². The maximum absolute atomic E-state index is 12.2. The predicted molar refractivity (Wildman–Crippen MR) is 104 cm³/mol. The SMILES string of the molecule is Cc1cccc(Nc2nnc(SCC(=O)c3ccc(O)cc3O)s2)c1C. The van der Waals surface area contributed by atoms with E-state index in [-0.39, 0.29) is 28.6 Å². The Morgan fingerprint density at radius 1 is 1.19 bits per heavy atom. The number of carbonyl (C=O) groups excluding carboxylic acids is 1. The molecule has 8 heteroatoms. The first kappa shape index (κ1) is 18.2. The Balaban J connectivity index is 1.63. The molecule has 0 amide bonds. The molecule has 2 aromatic carbocycles. The molecule has 6 nitrogen and oxygen atoms in total. The van der Waals surface area contributed by atoms with Gasteiger partial charge in [-0.2, -0.15) is 0 Å². The maximum atomic E-state index is 12.2. The Bertz CT molecular complexity index is 957. The van der Waals surface area contributed by atoms with E-state index in [4.69, 9.17) is 0 Å². The number of nitrogens with one attached hydrogen (secondary N) is 1. The molecule has 0 aliphatic carbocycles. The number of nitrogens with zero attached hydrogens (tertiary/aromatic N) is 2. The summed E-state index contributed by atoms with van der Waals surface area (Å²) >= 11 is 2.62. The number of anilines is 2.